The number of amidine groups is 1. The van der Waals surface area contributed by atoms with Gasteiger partial charge in [0.1, 0.15) is 11.6 Å². The van der Waals surface area contributed by atoms with Gasteiger partial charge in [-0.2, -0.15) is 0 Å². The van der Waals surface area contributed by atoms with Gasteiger partial charge in [0.15, 0.2) is 0 Å². The van der Waals surface area contributed by atoms with Crippen LogP contribution in [0.4, 0.5) is 18.9 Å². The summed E-state index contributed by atoms with van der Waals surface area (Å²) in [5.74, 6) is 0.827. The first kappa shape index (κ1) is 15.3. The van der Waals surface area contributed by atoms with Gasteiger partial charge >= 0.3 is 6.36 Å². The van der Waals surface area contributed by atoms with Gasteiger partial charge in [-0.15, -0.1) is 13.2 Å². The van der Waals surface area contributed by atoms with E-state index < -0.39 is 6.36 Å². The predicted octanol–water partition coefficient (Wildman–Crippen LogP) is 3.83. The Kier molecular flexibility index (Phi) is 4.80. The first-order valence-corrected chi connectivity index (χ1v) is 5.81. The molecule has 1 rings (SSSR count). The highest BCUT2D eigenvalue weighted by Gasteiger charge is 2.30. The van der Waals surface area contributed by atoms with E-state index >= 15 is 0 Å². The third-order valence-electron chi connectivity index (χ3n) is 2.29. The van der Waals surface area contributed by atoms with Gasteiger partial charge in [0.25, 0.3) is 0 Å². The Morgan fingerprint density at radius 3 is 2.05 bits per heavy atom. The monoisotopic (exact) mass is 274 g/mol. The zero-order chi connectivity index (χ0) is 14.6. The second-order valence-corrected chi connectivity index (χ2v) is 4.56. The van der Waals surface area contributed by atoms with E-state index in [1.54, 1.807) is 0 Å². The van der Waals surface area contributed by atoms with Crippen LogP contribution in [0, 0.1) is 5.92 Å². The lowest BCUT2D eigenvalue weighted by Crippen LogP contribution is -2.26. The van der Waals surface area contributed by atoms with Gasteiger partial charge in [-0.3, -0.25) is 0 Å². The van der Waals surface area contributed by atoms with Gasteiger partial charge < -0.3 is 9.64 Å². The maximum absolute atomic E-state index is 12.0. The Bertz CT molecular complexity index is 426. The summed E-state index contributed by atoms with van der Waals surface area (Å²) in [7, 11) is 3.75. The molecule has 106 valence electrons. The average molecular weight is 274 g/mol. The number of hydrogen-bond acceptors (Lipinski definition) is 2. The fourth-order valence-corrected chi connectivity index (χ4v) is 1.60. The largest absolute Gasteiger partial charge is 0.573 e. The molecule has 0 radical (unpaired) electrons. The standard InChI is InChI=1S/C13H17F3N2O/c1-9(2)12(18(3)4)17-10-5-7-11(8-6-10)19-13(14,15)16/h5-9H,1-4H3. The van der Waals surface area contributed by atoms with Crippen LogP contribution < -0.4 is 4.74 Å². The van der Waals surface area contributed by atoms with Crippen LogP contribution in [0.5, 0.6) is 5.75 Å². The molecule has 0 fully saturated rings. The average Bonchev–Trinajstić information content (AvgIpc) is 2.25. The molecule has 0 N–H and O–H groups in total. The highest BCUT2D eigenvalue weighted by atomic mass is 19.4. The summed E-state index contributed by atoms with van der Waals surface area (Å²) in [6.45, 7) is 4.00. The second-order valence-electron chi connectivity index (χ2n) is 4.56. The van der Waals surface area contributed by atoms with E-state index in [9.17, 15) is 13.2 Å². The van der Waals surface area contributed by atoms with Crippen LogP contribution in [0.15, 0.2) is 29.3 Å². The third-order valence-corrected chi connectivity index (χ3v) is 2.29. The Morgan fingerprint density at radius 2 is 1.68 bits per heavy atom. The normalized spacial score (nSPS) is 12.7. The predicted molar refractivity (Wildman–Crippen MR) is 68.7 cm³/mol. The lowest BCUT2D eigenvalue weighted by Gasteiger charge is -2.19. The van der Waals surface area contributed by atoms with E-state index in [2.05, 4.69) is 9.73 Å². The van der Waals surface area contributed by atoms with Crippen molar-refractivity contribution in [1.29, 1.82) is 0 Å². The molecule has 0 aliphatic rings. The molecule has 0 unspecified atom stereocenters. The number of halogens is 3. The first-order valence-electron chi connectivity index (χ1n) is 5.81. The van der Waals surface area contributed by atoms with Crippen LogP contribution in [0.3, 0.4) is 0 Å². The summed E-state index contributed by atoms with van der Waals surface area (Å²) in [5, 5.41) is 0. The van der Waals surface area contributed by atoms with E-state index in [-0.39, 0.29) is 11.7 Å². The summed E-state index contributed by atoms with van der Waals surface area (Å²) in [6.07, 6.45) is -4.67. The van der Waals surface area contributed by atoms with Crippen LogP contribution in [0.2, 0.25) is 0 Å². The van der Waals surface area contributed by atoms with Crippen molar-refractivity contribution in [3.8, 4) is 5.75 Å². The van der Waals surface area contributed by atoms with Crippen molar-refractivity contribution in [2.45, 2.75) is 20.2 Å². The maximum Gasteiger partial charge on any atom is 0.573 e. The van der Waals surface area contributed by atoms with E-state index in [0.717, 1.165) is 5.84 Å². The topological polar surface area (TPSA) is 24.8 Å². The molecule has 0 aliphatic heterocycles. The molecule has 1 aromatic carbocycles. The van der Waals surface area contributed by atoms with Crippen molar-refractivity contribution < 1.29 is 17.9 Å². The van der Waals surface area contributed by atoms with E-state index in [1.807, 2.05) is 32.8 Å². The zero-order valence-electron chi connectivity index (χ0n) is 11.3. The molecule has 0 heterocycles. The highest BCUT2D eigenvalue weighted by Crippen LogP contribution is 2.25. The minimum Gasteiger partial charge on any atom is -0.406 e. The number of alkyl halides is 3. The highest BCUT2D eigenvalue weighted by molar-refractivity contribution is 5.86. The van der Waals surface area contributed by atoms with Gasteiger partial charge in [0.05, 0.1) is 5.69 Å². The molecule has 19 heavy (non-hydrogen) atoms. The summed E-state index contributed by atoms with van der Waals surface area (Å²) in [4.78, 5) is 6.28. The van der Waals surface area contributed by atoms with Crippen molar-refractivity contribution >= 4 is 11.5 Å². The Labute approximate surface area is 110 Å². The molecule has 0 saturated heterocycles. The Balaban J connectivity index is 2.90. The molecular formula is C13H17F3N2O. The van der Waals surface area contributed by atoms with Gasteiger partial charge in [-0.25, -0.2) is 4.99 Å². The van der Waals surface area contributed by atoms with Gasteiger partial charge in [-0.1, -0.05) is 13.8 Å². The number of ether oxygens (including phenoxy) is 1. The van der Waals surface area contributed by atoms with E-state index in [4.69, 9.17) is 0 Å². The van der Waals surface area contributed by atoms with Crippen molar-refractivity contribution in [3.05, 3.63) is 24.3 Å². The van der Waals surface area contributed by atoms with Crippen LogP contribution in [-0.4, -0.2) is 31.2 Å². The lowest BCUT2D eigenvalue weighted by molar-refractivity contribution is -0.274. The van der Waals surface area contributed by atoms with Crippen LogP contribution in [0.25, 0.3) is 0 Å². The summed E-state index contributed by atoms with van der Waals surface area (Å²) < 4.78 is 39.8. The molecular weight excluding hydrogens is 257 g/mol. The Hall–Kier alpha value is -1.72. The molecule has 0 aromatic heterocycles. The van der Waals surface area contributed by atoms with Crippen LogP contribution in [0.1, 0.15) is 13.8 Å². The van der Waals surface area contributed by atoms with Crippen molar-refractivity contribution in [1.82, 2.24) is 4.90 Å². The van der Waals surface area contributed by atoms with E-state index in [1.165, 1.54) is 24.3 Å². The lowest BCUT2D eigenvalue weighted by atomic mass is 10.2. The number of benzene rings is 1. The number of rotatable bonds is 3. The molecule has 0 atom stereocenters. The van der Waals surface area contributed by atoms with E-state index in [0.29, 0.717) is 5.69 Å². The first-order chi connectivity index (χ1) is 8.69. The van der Waals surface area contributed by atoms with Crippen molar-refractivity contribution in [2.24, 2.45) is 10.9 Å². The summed E-state index contributed by atoms with van der Waals surface area (Å²) in [5.41, 5.74) is 0.590. The molecule has 1 aromatic rings. The van der Waals surface area contributed by atoms with Gasteiger partial charge in [-0.05, 0) is 24.3 Å². The molecule has 0 amide bonds. The van der Waals surface area contributed by atoms with Gasteiger partial charge in [0, 0.05) is 20.0 Å². The molecule has 3 nitrogen and oxygen atoms in total. The van der Waals surface area contributed by atoms with Crippen LogP contribution in [-0.2, 0) is 0 Å². The number of aliphatic imine (C=N–C) groups is 1. The molecule has 6 heteroatoms. The number of hydrogen-bond donors (Lipinski definition) is 0. The molecule has 0 saturated carbocycles. The molecule has 0 bridgehead atoms. The molecule has 0 aliphatic carbocycles. The minimum atomic E-state index is -4.67. The molecule has 0 spiro atoms. The quantitative estimate of drug-likeness (QED) is 0.618. The third kappa shape index (κ3) is 5.19. The fraction of sp³-hybridized carbons (Fsp3) is 0.462. The van der Waals surface area contributed by atoms with Crippen molar-refractivity contribution in [3.63, 3.8) is 0 Å². The SMILES string of the molecule is CC(C)C(=Nc1ccc(OC(F)(F)F)cc1)N(C)C. The number of nitrogens with zero attached hydrogens (tertiary/aromatic N) is 2. The Morgan fingerprint density at radius 1 is 1.16 bits per heavy atom. The van der Waals surface area contributed by atoms with Crippen molar-refractivity contribution in [2.75, 3.05) is 14.1 Å². The summed E-state index contributed by atoms with van der Waals surface area (Å²) >= 11 is 0. The summed E-state index contributed by atoms with van der Waals surface area (Å²) in [6, 6.07) is 5.49. The second kappa shape index (κ2) is 5.95. The maximum atomic E-state index is 12.0. The van der Waals surface area contributed by atoms with Gasteiger partial charge in [0.2, 0.25) is 0 Å². The van der Waals surface area contributed by atoms with Crippen LogP contribution >= 0.6 is 0 Å². The smallest absolute Gasteiger partial charge is 0.406 e. The fourth-order valence-electron chi connectivity index (χ4n) is 1.60. The minimum absolute atomic E-state index is 0.223. The zero-order valence-corrected chi connectivity index (χ0v) is 11.3.